The van der Waals surface area contributed by atoms with E-state index >= 15 is 0 Å². The first-order valence-electron chi connectivity index (χ1n) is 8.88. The summed E-state index contributed by atoms with van der Waals surface area (Å²) in [7, 11) is -3.15. The molecule has 0 aliphatic heterocycles. The first kappa shape index (κ1) is 25.1. The van der Waals surface area contributed by atoms with E-state index in [9.17, 15) is 26.4 Å². The topological polar surface area (TPSA) is 79.4 Å². The van der Waals surface area contributed by atoms with Crippen LogP contribution in [0.3, 0.4) is 0 Å². The van der Waals surface area contributed by atoms with Gasteiger partial charge in [-0.15, -0.1) is 0 Å². The molecule has 0 atom stereocenters. The molecule has 33 heavy (non-hydrogen) atoms. The number of benzene rings is 2. The van der Waals surface area contributed by atoms with Crippen LogP contribution in [-0.2, 0) is 16.2 Å². The van der Waals surface area contributed by atoms with Gasteiger partial charge in [-0.3, -0.25) is 9.52 Å². The van der Waals surface area contributed by atoms with Crippen molar-refractivity contribution < 1.29 is 26.4 Å². The monoisotopic (exact) mass is 537 g/mol. The maximum Gasteiger partial charge on any atom is 0.417 e. The maximum absolute atomic E-state index is 13.2. The average Bonchev–Trinajstić information content (AvgIpc) is 2.72. The summed E-state index contributed by atoms with van der Waals surface area (Å²) in [6, 6.07) is 9.46. The lowest BCUT2D eigenvalue weighted by Crippen LogP contribution is -2.28. The molecule has 1 aromatic heterocycles. The lowest BCUT2D eigenvalue weighted by atomic mass is 10.2. The molecule has 0 saturated carbocycles. The number of sulfonamides is 1. The van der Waals surface area contributed by atoms with Crippen molar-refractivity contribution in [1.29, 1.82) is 0 Å². The summed E-state index contributed by atoms with van der Waals surface area (Å²) < 4.78 is 67.2. The van der Waals surface area contributed by atoms with Crippen LogP contribution >= 0.6 is 34.8 Å². The molecule has 174 valence electrons. The highest BCUT2D eigenvalue weighted by Gasteiger charge is 2.35. The zero-order chi connectivity index (χ0) is 24.6. The number of hydrogen-bond acceptors (Lipinski definition) is 4. The van der Waals surface area contributed by atoms with Crippen LogP contribution in [0.5, 0.6) is 0 Å². The van der Waals surface area contributed by atoms with Crippen LogP contribution < -0.4 is 9.62 Å². The molecule has 0 fully saturated rings. The summed E-state index contributed by atoms with van der Waals surface area (Å²) in [5.74, 6) is -0.709. The Bertz CT molecular complexity index is 1320. The molecule has 0 saturated heterocycles. The molecule has 0 aliphatic carbocycles. The number of pyridine rings is 1. The van der Waals surface area contributed by atoms with Crippen molar-refractivity contribution in [3.8, 4) is 0 Å². The molecule has 0 bridgehead atoms. The SMILES string of the molecule is CN(C(=O)c1ncc(Cl)cc1NS(=O)(=O)c1ccc(Cl)c(C(F)(F)F)c1)c1ccc(Cl)cc1. The first-order valence-corrected chi connectivity index (χ1v) is 11.5. The predicted octanol–water partition coefficient (Wildman–Crippen LogP) is 6.14. The van der Waals surface area contributed by atoms with E-state index in [0.717, 1.165) is 24.4 Å². The Morgan fingerprint density at radius 2 is 1.64 bits per heavy atom. The number of rotatable bonds is 5. The number of amides is 1. The van der Waals surface area contributed by atoms with Crippen molar-refractivity contribution in [3.63, 3.8) is 0 Å². The largest absolute Gasteiger partial charge is 0.417 e. The van der Waals surface area contributed by atoms with E-state index in [-0.39, 0.29) is 16.4 Å². The number of carbonyl (C=O) groups is 1. The van der Waals surface area contributed by atoms with E-state index < -0.39 is 37.6 Å². The summed E-state index contributed by atoms with van der Waals surface area (Å²) in [4.78, 5) is 17.4. The minimum absolute atomic E-state index is 0.00881. The van der Waals surface area contributed by atoms with E-state index in [2.05, 4.69) is 9.71 Å². The molecule has 0 unspecified atom stereocenters. The molecule has 2 aromatic carbocycles. The predicted molar refractivity (Wildman–Crippen MR) is 121 cm³/mol. The number of halogens is 6. The zero-order valence-electron chi connectivity index (χ0n) is 16.5. The second kappa shape index (κ2) is 9.38. The second-order valence-corrected chi connectivity index (χ2v) is 9.60. The Kier molecular flexibility index (Phi) is 7.13. The molecule has 0 radical (unpaired) electrons. The second-order valence-electron chi connectivity index (χ2n) is 6.64. The molecule has 3 rings (SSSR count). The van der Waals surface area contributed by atoms with Crippen molar-refractivity contribution in [2.24, 2.45) is 0 Å². The quantitative estimate of drug-likeness (QED) is 0.423. The van der Waals surface area contributed by atoms with Crippen molar-refractivity contribution in [3.05, 3.63) is 81.1 Å². The minimum Gasteiger partial charge on any atom is -0.310 e. The van der Waals surface area contributed by atoms with Gasteiger partial charge in [0.05, 0.1) is 26.2 Å². The third kappa shape index (κ3) is 5.70. The Balaban J connectivity index is 2.00. The molecule has 1 amide bonds. The number of nitrogens with zero attached hydrogens (tertiary/aromatic N) is 2. The van der Waals surface area contributed by atoms with Crippen molar-refractivity contribution >= 4 is 62.1 Å². The lowest BCUT2D eigenvalue weighted by Gasteiger charge is -2.19. The Hall–Kier alpha value is -2.53. The highest BCUT2D eigenvalue weighted by atomic mass is 35.5. The number of anilines is 2. The van der Waals surface area contributed by atoms with Crippen LogP contribution in [0, 0.1) is 0 Å². The molecule has 1 heterocycles. The van der Waals surface area contributed by atoms with Gasteiger partial charge in [-0.2, -0.15) is 13.2 Å². The van der Waals surface area contributed by atoms with Gasteiger partial charge in [-0.25, -0.2) is 13.4 Å². The van der Waals surface area contributed by atoms with Crippen molar-refractivity contribution in [2.45, 2.75) is 11.1 Å². The van der Waals surface area contributed by atoms with Crippen molar-refractivity contribution in [2.75, 3.05) is 16.7 Å². The van der Waals surface area contributed by atoms with Crippen LogP contribution in [0.15, 0.2) is 59.6 Å². The smallest absolute Gasteiger partial charge is 0.310 e. The van der Waals surface area contributed by atoms with Gasteiger partial charge in [0.25, 0.3) is 15.9 Å². The summed E-state index contributed by atoms with van der Waals surface area (Å²) in [6.07, 6.45) is -3.74. The van der Waals surface area contributed by atoms with Crippen LogP contribution in [-0.4, -0.2) is 26.4 Å². The molecular weight excluding hydrogens is 526 g/mol. The summed E-state index contributed by atoms with van der Waals surface area (Å²) in [5.41, 5.74) is -1.54. The van der Waals surface area contributed by atoms with E-state index in [1.54, 1.807) is 24.3 Å². The Labute approximate surface area is 201 Å². The molecule has 6 nitrogen and oxygen atoms in total. The molecule has 13 heteroatoms. The number of aromatic nitrogens is 1. The van der Waals surface area contributed by atoms with Gasteiger partial charge in [0.2, 0.25) is 0 Å². The molecule has 0 aliphatic rings. The standard InChI is InChI=1S/C20H13Cl3F3N3O3S/c1-29(13-4-2-11(21)3-5-13)19(30)18-17(8-12(22)10-27-18)28-33(31,32)14-6-7-16(23)15(9-14)20(24,25)26/h2-10,28H,1H3. The van der Waals surface area contributed by atoms with E-state index in [1.165, 1.54) is 11.9 Å². The first-order chi connectivity index (χ1) is 15.3. The lowest BCUT2D eigenvalue weighted by molar-refractivity contribution is -0.137. The zero-order valence-corrected chi connectivity index (χ0v) is 19.6. The fourth-order valence-electron chi connectivity index (χ4n) is 2.72. The fourth-order valence-corrected chi connectivity index (χ4v) is 4.31. The minimum atomic E-state index is -4.87. The van der Waals surface area contributed by atoms with Crippen LogP contribution in [0.4, 0.5) is 24.5 Å². The molecule has 3 aromatic rings. The maximum atomic E-state index is 13.2. The summed E-state index contributed by atoms with van der Waals surface area (Å²) in [6.45, 7) is 0. The number of carbonyl (C=O) groups excluding carboxylic acids is 1. The Morgan fingerprint density at radius 1 is 1.00 bits per heavy atom. The van der Waals surface area contributed by atoms with Crippen LogP contribution in [0.25, 0.3) is 0 Å². The number of nitrogens with one attached hydrogen (secondary N) is 1. The van der Waals surface area contributed by atoms with Crippen LogP contribution in [0.2, 0.25) is 15.1 Å². The molecule has 0 spiro atoms. The Morgan fingerprint density at radius 3 is 2.24 bits per heavy atom. The van der Waals surface area contributed by atoms with Gasteiger partial charge < -0.3 is 4.90 Å². The van der Waals surface area contributed by atoms with Crippen LogP contribution in [0.1, 0.15) is 16.1 Å². The van der Waals surface area contributed by atoms with Gasteiger partial charge in [0, 0.05) is 24.0 Å². The van der Waals surface area contributed by atoms with E-state index in [4.69, 9.17) is 34.8 Å². The summed E-state index contributed by atoms with van der Waals surface area (Å²) in [5, 5.41) is -0.226. The van der Waals surface area contributed by atoms with E-state index in [1.807, 2.05) is 0 Å². The van der Waals surface area contributed by atoms with Gasteiger partial charge in [0.1, 0.15) is 0 Å². The third-order valence-corrected chi connectivity index (χ3v) is 6.52. The average molecular weight is 539 g/mol. The fraction of sp³-hybridized carbons (Fsp3) is 0.100. The van der Waals surface area contributed by atoms with Crippen molar-refractivity contribution in [1.82, 2.24) is 4.98 Å². The van der Waals surface area contributed by atoms with Gasteiger partial charge in [0.15, 0.2) is 5.69 Å². The number of hydrogen-bond donors (Lipinski definition) is 1. The highest BCUT2D eigenvalue weighted by Crippen LogP contribution is 2.36. The summed E-state index contributed by atoms with van der Waals surface area (Å²) >= 11 is 17.3. The molecule has 1 N–H and O–H groups in total. The normalized spacial score (nSPS) is 11.8. The number of alkyl halides is 3. The van der Waals surface area contributed by atoms with Gasteiger partial charge in [-0.05, 0) is 48.5 Å². The van der Waals surface area contributed by atoms with Gasteiger partial charge in [-0.1, -0.05) is 34.8 Å². The third-order valence-electron chi connectivity index (χ3n) is 4.37. The van der Waals surface area contributed by atoms with Gasteiger partial charge >= 0.3 is 6.18 Å². The molecular formula is C20H13Cl3F3N3O3S. The highest BCUT2D eigenvalue weighted by molar-refractivity contribution is 7.92. The van der Waals surface area contributed by atoms with E-state index in [0.29, 0.717) is 16.8 Å².